The van der Waals surface area contributed by atoms with Crippen LogP contribution in [-0.2, 0) is 0 Å². The van der Waals surface area contributed by atoms with Crippen LogP contribution in [0.2, 0.25) is 0 Å². The summed E-state index contributed by atoms with van der Waals surface area (Å²) in [6.07, 6.45) is 5.40. The lowest BCUT2D eigenvalue weighted by molar-refractivity contribution is 0.350. The van der Waals surface area contributed by atoms with Gasteiger partial charge in [0.25, 0.3) is 0 Å². The lowest BCUT2D eigenvalue weighted by Crippen LogP contribution is -2.27. The molecule has 0 saturated carbocycles. The first-order valence-electron chi connectivity index (χ1n) is 4.58. The van der Waals surface area contributed by atoms with Gasteiger partial charge in [0.15, 0.2) is 5.82 Å². The molecule has 0 amide bonds. The monoisotopic (exact) mass is 192 g/mol. The van der Waals surface area contributed by atoms with E-state index in [0.29, 0.717) is 18.3 Å². The van der Waals surface area contributed by atoms with Gasteiger partial charge in [0.1, 0.15) is 0 Å². The van der Waals surface area contributed by atoms with Crippen molar-refractivity contribution in [2.75, 3.05) is 13.1 Å². The average molecular weight is 192 g/mol. The minimum absolute atomic E-state index is 0.200. The van der Waals surface area contributed by atoms with Crippen LogP contribution < -0.4 is 5.32 Å². The Morgan fingerprint density at radius 1 is 1.64 bits per heavy atom. The minimum atomic E-state index is 0.200. The second kappa shape index (κ2) is 4.04. The highest BCUT2D eigenvalue weighted by Gasteiger charge is 2.19. The quantitative estimate of drug-likeness (QED) is 0.753. The number of aliphatic imine (C=N–C) groups is 1. The molecule has 0 aromatic carbocycles. The lowest BCUT2D eigenvalue weighted by Gasteiger charge is -2.13. The molecular formula is C9H12N4O. The molecule has 0 bridgehead atoms. The summed E-state index contributed by atoms with van der Waals surface area (Å²) in [6, 6.07) is 0. The summed E-state index contributed by atoms with van der Waals surface area (Å²) in [4.78, 5) is 8.35. The molecule has 5 nitrogen and oxygen atoms in total. The van der Waals surface area contributed by atoms with Crippen LogP contribution in [0.1, 0.15) is 24.6 Å². The summed E-state index contributed by atoms with van der Waals surface area (Å²) in [7, 11) is 0. The molecule has 1 unspecified atom stereocenters. The van der Waals surface area contributed by atoms with Gasteiger partial charge in [-0.3, -0.25) is 4.99 Å². The highest BCUT2D eigenvalue weighted by Crippen LogP contribution is 2.14. The summed E-state index contributed by atoms with van der Waals surface area (Å²) >= 11 is 0. The van der Waals surface area contributed by atoms with E-state index >= 15 is 0 Å². The predicted molar refractivity (Wildman–Crippen MR) is 53.1 cm³/mol. The van der Waals surface area contributed by atoms with Crippen molar-refractivity contribution < 1.29 is 4.52 Å². The summed E-state index contributed by atoms with van der Waals surface area (Å²) in [5, 5.41) is 6.87. The predicted octanol–water partition coefficient (Wildman–Crippen LogP) is 0.818. The van der Waals surface area contributed by atoms with Crippen LogP contribution in [0.3, 0.4) is 0 Å². The van der Waals surface area contributed by atoms with Crippen molar-refractivity contribution in [3.05, 3.63) is 17.8 Å². The summed E-state index contributed by atoms with van der Waals surface area (Å²) < 4.78 is 5.13. The number of aromatic nitrogens is 2. The minimum Gasteiger partial charge on any atom is -0.376 e. The Kier molecular flexibility index (Phi) is 2.58. The van der Waals surface area contributed by atoms with Crippen molar-refractivity contribution in [3.8, 4) is 0 Å². The van der Waals surface area contributed by atoms with Crippen molar-refractivity contribution in [2.24, 2.45) is 4.99 Å². The maximum absolute atomic E-state index is 5.13. The maximum Gasteiger partial charge on any atom is 0.233 e. The van der Waals surface area contributed by atoms with Gasteiger partial charge in [0.05, 0.1) is 18.8 Å². The van der Waals surface area contributed by atoms with Crippen LogP contribution in [0.15, 0.2) is 15.6 Å². The molecule has 1 aliphatic heterocycles. The normalized spacial score (nSPS) is 21.4. The fraction of sp³-hybridized carbons (Fsp3) is 0.444. The van der Waals surface area contributed by atoms with E-state index in [9.17, 15) is 0 Å². The number of nitrogens with zero attached hydrogens (tertiary/aromatic N) is 3. The molecule has 1 aromatic rings. The van der Waals surface area contributed by atoms with Crippen molar-refractivity contribution in [1.82, 2.24) is 15.5 Å². The van der Waals surface area contributed by atoms with E-state index in [4.69, 9.17) is 4.52 Å². The Morgan fingerprint density at radius 2 is 2.57 bits per heavy atom. The van der Waals surface area contributed by atoms with Crippen molar-refractivity contribution >= 4 is 12.4 Å². The zero-order valence-electron chi connectivity index (χ0n) is 7.97. The Hall–Kier alpha value is -1.65. The Labute approximate surface area is 81.9 Å². The van der Waals surface area contributed by atoms with Crippen LogP contribution in [0.25, 0.3) is 6.08 Å². The lowest BCUT2D eigenvalue weighted by atomic mass is 10.1. The Bertz CT molecular complexity index is 355. The first-order chi connectivity index (χ1) is 6.90. The van der Waals surface area contributed by atoms with Crippen LogP contribution in [0, 0.1) is 0 Å². The first-order valence-corrected chi connectivity index (χ1v) is 4.58. The van der Waals surface area contributed by atoms with E-state index in [2.05, 4.69) is 20.4 Å². The van der Waals surface area contributed by atoms with Gasteiger partial charge >= 0.3 is 0 Å². The van der Waals surface area contributed by atoms with E-state index in [1.165, 1.54) is 0 Å². The zero-order chi connectivity index (χ0) is 9.80. The fourth-order valence-corrected chi connectivity index (χ4v) is 1.30. The largest absolute Gasteiger partial charge is 0.376 e. The van der Waals surface area contributed by atoms with E-state index < -0.39 is 0 Å². The molecule has 1 N–H and O–H groups in total. The van der Waals surface area contributed by atoms with Crippen LogP contribution in [0.4, 0.5) is 0 Å². The number of allylic oxidation sites excluding steroid dienone is 1. The molecule has 0 fully saturated rings. The van der Waals surface area contributed by atoms with Crippen LogP contribution >= 0.6 is 0 Å². The third kappa shape index (κ3) is 1.81. The molecule has 0 aliphatic carbocycles. The molecule has 1 aromatic heterocycles. The van der Waals surface area contributed by atoms with Gasteiger partial charge in [-0.05, 0) is 13.0 Å². The van der Waals surface area contributed by atoms with Gasteiger partial charge in [-0.25, -0.2) is 0 Å². The molecule has 14 heavy (non-hydrogen) atoms. The summed E-state index contributed by atoms with van der Waals surface area (Å²) in [5.74, 6) is 1.48. The molecule has 0 saturated heterocycles. The number of hydrogen-bond donors (Lipinski definition) is 1. The topological polar surface area (TPSA) is 63.3 Å². The van der Waals surface area contributed by atoms with Crippen LogP contribution in [0.5, 0.6) is 0 Å². The van der Waals surface area contributed by atoms with Gasteiger partial charge in [0.2, 0.25) is 5.89 Å². The number of nitrogens with one attached hydrogen (secondary N) is 1. The van der Waals surface area contributed by atoms with E-state index in [0.717, 1.165) is 6.54 Å². The number of rotatable bonds is 2. The molecule has 0 spiro atoms. The van der Waals surface area contributed by atoms with Crippen LogP contribution in [-0.4, -0.2) is 29.6 Å². The maximum atomic E-state index is 5.13. The van der Waals surface area contributed by atoms with E-state index in [1.807, 2.05) is 19.1 Å². The fourth-order valence-electron chi connectivity index (χ4n) is 1.30. The average Bonchev–Trinajstić information content (AvgIpc) is 2.68. The molecule has 1 atom stereocenters. The van der Waals surface area contributed by atoms with Crippen molar-refractivity contribution in [3.63, 3.8) is 0 Å². The summed E-state index contributed by atoms with van der Waals surface area (Å²) in [6.45, 7) is 3.44. The van der Waals surface area contributed by atoms with Gasteiger partial charge in [-0.2, -0.15) is 4.98 Å². The Morgan fingerprint density at radius 3 is 3.29 bits per heavy atom. The number of hydrogen-bond acceptors (Lipinski definition) is 5. The first kappa shape index (κ1) is 8.93. The molecule has 2 heterocycles. The highest BCUT2D eigenvalue weighted by atomic mass is 16.5. The summed E-state index contributed by atoms with van der Waals surface area (Å²) in [5.41, 5.74) is 0. The smallest absolute Gasteiger partial charge is 0.233 e. The van der Waals surface area contributed by atoms with Crippen molar-refractivity contribution in [1.29, 1.82) is 0 Å². The van der Waals surface area contributed by atoms with Gasteiger partial charge < -0.3 is 9.84 Å². The van der Waals surface area contributed by atoms with Gasteiger partial charge in [-0.15, -0.1) is 0 Å². The van der Waals surface area contributed by atoms with Gasteiger partial charge in [-0.1, -0.05) is 11.2 Å². The van der Waals surface area contributed by atoms with E-state index in [-0.39, 0.29) is 5.92 Å². The van der Waals surface area contributed by atoms with Crippen molar-refractivity contribution in [2.45, 2.75) is 12.8 Å². The standard InChI is InChI=1S/C9H12N4O/c1-2-3-8-12-9(14-13-8)7-4-10-6-11-5-7/h2-3,6-7H,4-5H2,1H3,(H,10,11)/b3-2+. The second-order valence-corrected chi connectivity index (χ2v) is 3.09. The highest BCUT2D eigenvalue weighted by molar-refractivity contribution is 5.55. The molecular weight excluding hydrogens is 180 g/mol. The Balaban J connectivity index is 2.11. The zero-order valence-corrected chi connectivity index (χ0v) is 7.97. The second-order valence-electron chi connectivity index (χ2n) is 3.09. The molecule has 5 heteroatoms. The third-order valence-corrected chi connectivity index (χ3v) is 2.00. The van der Waals surface area contributed by atoms with E-state index in [1.54, 1.807) is 6.34 Å². The third-order valence-electron chi connectivity index (χ3n) is 2.00. The van der Waals surface area contributed by atoms with Gasteiger partial charge in [0, 0.05) is 6.54 Å². The molecule has 2 rings (SSSR count). The molecule has 0 radical (unpaired) electrons. The SMILES string of the molecule is C/C=C/c1noc(C2CN=CNC2)n1. The molecule has 74 valence electrons. The molecule has 1 aliphatic rings.